The number of carbonyl (C=O) groups is 2. The minimum atomic E-state index is -0.727. The molecule has 0 aliphatic heterocycles. The minimum Gasteiger partial charge on any atom is -0.358 e. The normalized spacial score (nSPS) is 10.3. The van der Waals surface area contributed by atoms with Crippen LogP contribution in [0.5, 0.6) is 0 Å². The van der Waals surface area contributed by atoms with Crippen LogP contribution < -0.4 is 10.6 Å². The van der Waals surface area contributed by atoms with Gasteiger partial charge in [-0.1, -0.05) is 5.10 Å². The maximum Gasteiger partial charge on any atom is 0.357 e. The summed E-state index contributed by atoms with van der Waals surface area (Å²) in [5, 5.41) is 25.2. The Morgan fingerprint density at radius 2 is 2.09 bits per heavy atom. The zero-order chi connectivity index (χ0) is 16.4. The Bertz CT molecular complexity index is 765. The first-order valence-corrected chi connectivity index (χ1v) is 6.59. The Kier molecular flexibility index (Phi) is 4.21. The SMILES string of the molecule is CNC(=O)c1nn(C)cc1NC(=O)c1n[nH]c([N+](=O)[O-])c1Br. The standard InChI is InChI=1S/C10H10BrN7O4/c1-12-9(19)6-4(3-17(2)16-6)13-10(20)7-5(11)8(15-14-7)18(21)22/h3H,1-2H3,(H,12,19)(H,13,20)(H,14,15). The van der Waals surface area contributed by atoms with Crippen LogP contribution in [0.15, 0.2) is 10.7 Å². The molecule has 11 nitrogen and oxygen atoms in total. The van der Waals surface area contributed by atoms with Gasteiger partial charge in [0.25, 0.3) is 11.8 Å². The van der Waals surface area contributed by atoms with E-state index >= 15 is 0 Å². The van der Waals surface area contributed by atoms with Crippen molar-refractivity contribution in [1.82, 2.24) is 25.3 Å². The van der Waals surface area contributed by atoms with E-state index in [1.54, 1.807) is 7.05 Å². The molecule has 0 radical (unpaired) electrons. The topological polar surface area (TPSA) is 148 Å². The molecule has 12 heteroatoms. The summed E-state index contributed by atoms with van der Waals surface area (Å²) in [5.74, 6) is -1.65. The van der Waals surface area contributed by atoms with Crippen molar-refractivity contribution in [2.45, 2.75) is 0 Å². The van der Waals surface area contributed by atoms with Gasteiger partial charge in [-0.25, -0.2) is 0 Å². The summed E-state index contributed by atoms with van der Waals surface area (Å²) in [4.78, 5) is 33.8. The summed E-state index contributed by atoms with van der Waals surface area (Å²) in [6.07, 6.45) is 1.43. The summed E-state index contributed by atoms with van der Waals surface area (Å²) in [7, 11) is 3.01. The largest absolute Gasteiger partial charge is 0.358 e. The van der Waals surface area contributed by atoms with E-state index in [1.165, 1.54) is 17.9 Å². The van der Waals surface area contributed by atoms with Crippen LogP contribution in [0.25, 0.3) is 0 Å². The van der Waals surface area contributed by atoms with Gasteiger partial charge in [0, 0.05) is 20.3 Å². The van der Waals surface area contributed by atoms with E-state index in [4.69, 9.17) is 0 Å². The molecule has 0 aliphatic carbocycles. The maximum atomic E-state index is 12.1. The molecule has 0 atom stereocenters. The van der Waals surface area contributed by atoms with Gasteiger partial charge >= 0.3 is 5.82 Å². The first-order chi connectivity index (χ1) is 10.3. The molecule has 0 saturated heterocycles. The lowest BCUT2D eigenvalue weighted by atomic mass is 10.3. The Balaban J connectivity index is 2.30. The summed E-state index contributed by atoms with van der Waals surface area (Å²) in [5.41, 5.74) is -0.0395. The van der Waals surface area contributed by atoms with Gasteiger partial charge in [-0.15, -0.1) is 5.10 Å². The van der Waals surface area contributed by atoms with Crippen molar-refractivity contribution in [1.29, 1.82) is 0 Å². The lowest BCUT2D eigenvalue weighted by Crippen LogP contribution is -2.21. The van der Waals surface area contributed by atoms with Crippen LogP contribution in [-0.2, 0) is 7.05 Å². The molecule has 0 aromatic carbocycles. The number of hydrogen-bond donors (Lipinski definition) is 3. The fraction of sp³-hybridized carbons (Fsp3) is 0.200. The van der Waals surface area contributed by atoms with E-state index < -0.39 is 22.6 Å². The van der Waals surface area contributed by atoms with E-state index in [1.807, 2.05) is 0 Å². The molecule has 0 spiro atoms. The van der Waals surface area contributed by atoms with Crippen molar-refractivity contribution in [3.05, 3.63) is 32.2 Å². The predicted octanol–water partition coefficient (Wildman–Crippen LogP) is 0.426. The number of rotatable bonds is 4. The van der Waals surface area contributed by atoms with E-state index in [0.717, 1.165) is 0 Å². The van der Waals surface area contributed by atoms with E-state index in [0.29, 0.717) is 0 Å². The molecular weight excluding hydrogens is 362 g/mol. The van der Waals surface area contributed by atoms with Gasteiger partial charge in [-0.2, -0.15) is 5.10 Å². The third kappa shape index (κ3) is 2.81. The number of nitro groups is 1. The maximum absolute atomic E-state index is 12.1. The van der Waals surface area contributed by atoms with E-state index in [9.17, 15) is 19.7 Å². The number of aryl methyl sites for hydroxylation is 1. The lowest BCUT2D eigenvalue weighted by molar-refractivity contribution is -0.390. The first-order valence-electron chi connectivity index (χ1n) is 5.80. The van der Waals surface area contributed by atoms with Gasteiger partial charge < -0.3 is 20.7 Å². The summed E-state index contributed by atoms with van der Waals surface area (Å²) >= 11 is 2.94. The number of hydrogen-bond acceptors (Lipinski definition) is 6. The molecule has 0 bridgehead atoms. The Morgan fingerprint density at radius 3 is 2.64 bits per heavy atom. The molecule has 3 N–H and O–H groups in total. The molecule has 116 valence electrons. The Morgan fingerprint density at radius 1 is 1.41 bits per heavy atom. The molecular formula is C10H10BrN7O4. The fourth-order valence-electron chi connectivity index (χ4n) is 1.64. The first kappa shape index (κ1) is 15.6. The summed E-state index contributed by atoms with van der Waals surface area (Å²) < 4.78 is 1.27. The van der Waals surface area contributed by atoms with Crippen molar-refractivity contribution in [2.75, 3.05) is 12.4 Å². The van der Waals surface area contributed by atoms with Crippen molar-refractivity contribution < 1.29 is 14.5 Å². The zero-order valence-electron chi connectivity index (χ0n) is 11.4. The van der Waals surface area contributed by atoms with Crippen LogP contribution in [0.4, 0.5) is 11.5 Å². The molecule has 2 heterocycles. The summed E-state index contributed by atoms with van der Waals surface area (Å²) in [6, 6.07) is 0. The molecule has 2 rings (SSSR count). The van der Waals surface area contributed by atoms with Crippen LogP contribution in [0.1, 0.15) is 21.0 Å². The quantitative estimate of drug-likeness (QED) is 0.524. The highest BCUT2D eigenvalue weighted by molar-refractivity contribution is 9.10. The third-order valence-electron chi connectivity index (χ3n) is 2.61. The molecule has 0 unspecified atom stereocenters. The number of carbonyl (C=O) groups excluding carboxylic acids is 2. The van der Waals surface area contributed by atoms with Gasteiger partial charge in [-0.3, -0.25) is 14.3 Å². The van der Waals surface area contributed by atoms with Crippen molar-refractivity contribution >= 4 is 39.2 Å². The average Bonchev–Trinajstić information content (AvgIpc) is 3.01. The molecule has 0 saturated carbocycles. The lowest BCUT2D eigenvalue weighted by Gasteiger charge is -2.02. The number of aromatic amines is 1. The van der Waals surface area contributed by atoms with Crippen molar-refractivity contribution in [2.24, 2.45) is 7.05 Å². The molecule has 0 aliphatic rings. The second-order valence-electron chi connectivity index (χ2n) is 4.09. The summed E-state index contributed by atoms with van der Waals surface area (Å²) in [6.45, 7) is 0. The molecule has 22 heavy (non-hydrogen) atoms. The number of anilines is 1. The number of aromatic nitrogens is 4. The molecule has 2 aromatic heterocycles. The monoisotopic (exact) mass is 371 g/mol. The Labute approximate surface area is 131 Å². The van der Waals surface area contributed by atoms with Crippen LogP contribution in [0.3, 0.4) is 0 Å². The van der Waals surface area contributed by atoms with E-state index in [-0.39, 0.29) is 21.5 Å². The zero-order valence-corrected chi connectivity index (χ0v) is 13.0. The number of amides is 2. The Hall–Kier alpha value is -2.76. The van der Waals surface area contributed by atoms with Gasteiger partial charge in [0.1, 0.15) is 4.47 Å². The van der Waals surface area contributed by atoms with Crippen LogP contribution in [0, 0.1) is 10.1 Å². The third-order valence-corrected chi connectivity index (χ3v) is 3.36. The highest BCUT2D eigenvalue weighted by atomic mass is 79.9. The fourth-order valence-corrected chi connectivity index (χ4v) is 2.14. The number of halogens is 1. The van der Waals surface area contributed by atoms with Crippen molar-refractivity contribution in [3.63, 3.8) is 0 Å². The molecule has 2 amide bonds. The highest BCUT2D eigenvalue weighted by Crippen LogP contribution is 2.26. The molecule has 0 fully saturated rings. The number of nitrogens with one attached hydrogen (secondary N) is 3. The number of H-pyrrole nitrogens is 1. The van der Waals surface area contributed by atoms with Crippen LogP contribution in [0.2, 0.25) is 0 Å². The second-order valence-corrected chi connectivity index (χ2v) is 4.88. The molecule has 2 aromatic rings. The van der Waals surface area contributed by atoms with Crippen LogP contribution in [-0.4, -0.2) is 43.8 Å². The van der Waals surface area contributed by atoms with Gasteiger partial charge in [0.2, 0.25) is 0 Å². The van der Waals surface area contributed by atoms with Gasteiger partial charge in [-0.05, 0) is 20.9 Å². The van der Waals surface area contributed by atoms with Crippen molar-refractivity contribution in [3.8, 4) is 0 Å². The van der Waals surface area contributed by atoms with Gasteiger partial charge in [0.05, 0.1) is 5.69 Å². The average molecular weight is 372 g/mol. The number of nitrogens with zero attached hydrogens (tertiary/aromatic N) is 4. The van der Waals surface area contributed by atoms with Gasteiger partial charge in [0.15, 0.2) is 11.4 Å². The highest BCUT2D eigenvalue weighted by Gasteiger charge is 2.26. The second kappa shape index (κ2) is 5.93. The predicted molar refractivity (Wildman–Crippen MR) is 77.5 cm³/mol. The minimum absolute atomic E-state index is 0.0134. The smallest absolute Gasteiger partial charge is 0.357 e. The van der Waals surface area contributed by atoms with Crippen LogP contribution >= 0.6 is 15.9 Å². The van der Waals surface area contributed by atoms with E-state index in [2.05, 4.69) is 41.9 Å².